The largest absolute Gasteiger partial charge is 0.382 e. The van der Waals surface area contributed by atoms with Crippen LogP contribution in [0.4, 0.5) is 0 Å². The molecule has 4 nitrogen and oxygen atoms in total. The first-order valence-electron chi connectivity index (χ1n) is 6.66. The Labute approximate surface area is 105 Å². The Morgan fingerprint density at radius 1 is 1.24 bits per heavy atom. The zero-order valence-electron chi connectivity index (χ0n) is 11.7. The molecule has 1 unspecified atom stereocenters. The predicted molar refractivity (Wildman–Crippen MR) is 71.0 cm³/mol. The highest BCUT2D eigenvalue weighted by atomic mass is 16.5. The van der Waals surface area contributed by atoms with E-state index in [1.807, 2.05) is 13.8 Å². The molecule has 0 rings (SSSR count). The molecule has 0 aliphatic carbocycles. The van der Waals surface area contributed by atoms with Gasteiger partial charge in [0.1, 0.15) is 0 Å². The quantitative estimate of drug-likeness (QED) is 0.573. The molecule has 0 bridgehead atoms. The number of ether oxygens (including phenoxy) is 1. The number of hydrogen-bond donors (Lipinski definition) is 2. The van der Waals surface area contributed by atoms with Crippen LogP contribution >= 0.6 is 0 Å². The van der Waals surface area contributed by atoms with Crippen LogP contribution < -0.4 is 10.6 Å². The molecule has 0 spiro atoms. The number of carbonyl (C=O) groups excluding carboxylic acids is 1. The van der Waals surface area contributed by atoms with Gasteiger partial charge in [0.15, 0.2) is 0 Å². The van der Waals surface area contributed by atoms with Gasteiger partial charge in [-0.2, -0.15) is 0 Å². The molecular weight excluding hydrogens is 216 g/mol. The SMILES string of the molecule is CCOCCCNC(C)C(=O)NCCC(C)C. The van der Waals surface area contributed by atoms with E-state index in [9.17, 15) is 4.79 Å². The number of hydrogen-bond acceptors (Lipinski definition) is 3. The summed E-state index contributed by atoms with van der Waals surface area (Å²) in [6.45, 7) is 11.3. The van der Waals surface area contributed by atoms with E-state index in [1.165, 1.54) is 0 Å². The summed E-state index contributed by atoms with van der Waals surface area (Å²) in [5, 5.41) is 6.12. The van der Waals surface area contributed by atoms with Crippen LogP contribution in [0.3, 0.4) is 0 Å². The molecule has 0 aliphatic rings. The second-order valence-corrected chi connectivity index (χ2v) is 4.70. The minimum absolute atomic E-state index is 0.0852. The van der Waals surface area contributed by atoms with Crippen LogP contribution in [0.1, 0.15) is 40.5 Å². The van der Waals surface area contributed by atoms with E-state index in [1.54, 1.807) is 0 Å². The molecule has 17 heavy (non-hydrogen) atoms. The first-order chi connectivity index (χ1) is 8.07. The summed E-state index contributed by atoms with van der Waals surface area (Å²) in [5.41, 5.74) is 0. The molecule has 0 aromatic rings. The number of amides is 1. The lowest BCUT2D eigenvalue weighted by Crippen LogP contribution is -2.43. The van der Waals surface area contributed by atoms with Crippen molar-refractivity contribution in [2.45, 2.75) is 46.6 Å². The molecule has 102 valence electrons. The molecule has 0 saturated carbocycles. The first kappa shape index (κ1) is 16.4. The second kappa shape index (κ2) is 10.5. The number of carbonyl (C=O) groups is 1. The van der Waals surface area contributed by atoms with Crippen LogP contribution in [-0.4, -0.2) is 38.3 Å². The fourth-order valence-electron chi connectivity index (χ4n) is 1.37. The van der Waals surface area contributed by atoms with Crippen molar-refractivity contribution in [2.24, 2.45) is 5.92 Å². The van der Waals surface area contributed by atoms with Gasteiger partial charge < -0.3 is 15.4 Å². The highest BCUT2D eigenvalue weighted by molar-refractivity contribution is 5.81. The van der Waals surface area contributed by atoms with Gasteiger partial charge in [-0.1, -0.05) is 13.8 Å². The molecule has 0 aromatic carbocycles. The Hall–Kier alpha value is -0.610. The summed E-state index contributed by atoms with van der Waals surface area (Å²) in [6.07, 6.45) is 1.97. The van der Waals surface area contributed by atoms with Crippen LogP contribution in [-0.2, 0) is 9.53 Å². The Kier molecular flexibility index (Phi) is 10.2. The Balaban J connectivity index is 3.47. The van der Waals surface area contributed by atoms with E-state index in [0.717, 1.165) is 39.1 Å². The summed E-state index contributed by atoms with van der Waals surface area (Å²) in [4.78, 5) is 11.6. The third-order valence-electron chi connectivity index (χ3n) is 2.53. The lowest BCUT2D eigenvalue weighted by Gasteiger charge is -2.14. The molecular formula is C13H28N2O2. The van der Waals surface area contributed by atoms with Gasteiger partial charge in [0.2, 0.25) is 5.91 Å². The summed E-state index contributed by atoms with van der Waals surface area (Å²) < 4.78 is 5.23. The van der Waals surface area contributed by atoms with Crippen molar-refractivity contribution in [3.8, 4) is 0 Å². The molecule has 0 fully saturated rings. The topological polar surface area (TPSA) is 50.4 Å². The molecule has 0 saturated heterocycles. The van der Waals surface area contributed by atoms with E-state index < -0.39 is 0 Å². The maximum Gasteiger partial charge on any atom is 0.236 e. The van der Waals surface area contributed by atoms with Gasteiger partial charge in [-0.25, -0.2) is 0 Å². The second-order valence-electron chi connectivity index (χ2n) is 4.70. The first-order valence-corrected chi connectivity index (χ1v) is 6.66. The van der Waals surface area contributed by atoms with E-state index >= 15 is 0 Å². The monoisotopic (exact) mass is 244 g/mol. The van der Waals surface area contributed by atoms with Crippen molar-refractivity contribution >= 4 is 5.91 Å². The molecule has 4 heteroatoms. The van der Waals surface area contributed by atoms with E-state index in [2.05, 4.69) is 24.5 Å². The lowest BCUT2D eigenvalue weighted by atomic mass is 10.1. The van der Waals surface area contributed by atoms with Crippen LogP contribution in [0.2, 0.25) is 0 Å². The van der Waals surface area contributed by atoms with E-state index in [4.69, 9.17) is 4.74 Å². The molecule has 0 radical (unpaired) electrons. The zero-order valence-corrected chi connectivity index (χ0v) is 11.7. The van der Waals surface area contributed by atoms with Crippen molar-refractivity contribution < 1.29 is 9.53 Å². The minimum atomic E-state index is -0.121. The smallest absolute Gasteiger partial charge is 0.236 e. The van der Waals surface area contributed by atoms with Crippen molar-refractivity contribution in [1.82, 2.24) is 10.6 Å². The van der Waals surface area contributed by atoms with Crippen LogP contribution in [0.5, 0.6) is 0 Å². The van der Waals surface area contributed by atoms with Crippen LogP contribution in [0.25, 0.3) is 0 Å². The van der Waals surface area contributed by atoms with E-state index in [-0.39, 0.29) is 11.9 Å². The lowest BCUT2D eigenvalue weighted by molar-refractivity contribution is -0.122. The third-order valence-corrected chi connectivity index (χ3v) is 2.53. The molecule has 0 aliphatic heterocycles. The summed E-state index contributed by atoms with van der Waals surface area (Å²) in [5.74, 6) is 0.715. The van der Waals surface area contributed by atoms with Gasteiger partial charge in [-0.05, 0) is 39.2 Å². The van der Waals surface area contributed by atoms with Crippen molar-refractivity contribution in [2.75, 3.05) is 26.3 Å². The van der Waals surface area contributed by atoms with Gasteiger partial charge in [0.05, 0.1) is 6.04 Å². The standard InChI is InChI=1S/C13H28N2O2/c1-5-17-10-6-8-14-12(4)13(16)15-9-7-11(2)3/h11-12,14H,5-10H2,1-4H3,(H,15,16). The molecule has 1 atom stereocenters. The van der Waals surface area contributed by atoms with E-state index in [0.29, 0.717) is 5.92 Å². The van der Waals surface area contributed by atoms with Crippen molar-refractivity contribution in [3.63, 3.8) is 0 Å². The highest BCUT2D eigenvalue weighted by Crippen LogP contribution is 1.96. The number of nitrogens with one attached hydrogen (secondary N) is 2. The van der Waals surface area contributed by atoms with Crippen molar-refractivity contribution in [1.29, 1.82) is 0 Å². The molecule has 0 heterocycles. The maximum absolute atomic E-state index is 11.6. The zero-order chi connectivity index (χ0) is 13.1. The van der Waals surface area contributed by atoms with Gasteiger partial charge in [0.25, 0.3) is 0 Å². The predicted octanol–water partition coefficient (Wildman–Crippen LogP) is 1.55. The van der Waals surface area contributed by atoms with Crippen LogP contribution in [0.15, 0.2) is 0 Å². The van der Waals surface area contributed by atoms with Gasteiger partial charge in [-0.15, -0.1) is 0 Å². The van der Waals surface area contributed by atoms with Crippen molar-refractivity contribution in [3.05, 3.63) is 0 Å². The maximum atomic E-state index is 11.6. The van der Waals surface area contributed by atoms with Gasteiger partial charge >= 0.3 is 0 Å². The Bertz CT molecular complexity index is 196. The van der Waals surface area contributed by atoms with Gasteiger partial charge in [0, 0.05) is 19.8 Å². The number of rotatable bonds is 10. The Morgan fingerprint density at radius 2 is 1.94 bits per heavy atom. The average Bonchev–Trinajstić information content (AvgIpc) is 2.27. The molecule has 0 aromatic heterocycles. The average molecular weight is 244 g/mol. The molecule has 2 N–H and O–H groups in total. The highest BCUT2D eigenvalue weighted by Gasteiger charge is 2.10. The van der Waals surface area contributed by atoms with Crippen LogP contribution in [0, 0.1) is 5.92 Å². The summed E-state index contributed by atoms with van der Waals surface area (Å²) in [7, 11) is 0. The summed E-state index contributed by atoms with van der Waals surface area (Å²) in [6, 6.07) is -0.121. The fraction of sp³-hybridized carbons (Fsp3) is 0.923. The van der Waals surface area contributed by atoms with Gasteiger partial charge in [-0.3, -0.25) is 4.79 Å². The normalized spacial score (nSPS) is 12.8. The fourth-order valence-corrected chi connectivity index (χ4v) is 1.37. The Morgan fingerprint density at radius 3 is 2.53 bits per heavy atom. The third kappa shape index (κ3) is 10.3. The molecule has 1 amide bonds. The summed E-state index contributed by atoms with van der Waals surface area (Å²) >= 11 is 0. The minimum Gasteiger partial charge on any atom is -0.382 e.